The van der Waals surface area contributed by atoms with Gasteiger partial charge >= 0.3 is 11.9 Å². The first-order valence-electron chi connectivity index (χ1n) is 4.90. The highest BCUT2D eigenvalue weighted by Crippen LogP contribution is 2.07. The molecule has 0 spiro atoms. The number of nitrogens with one attached hydrogen (secondary N) is 1. The van der Waals surface area contributed by atoms with Crippen molar-refractivity contribution >= 4 is 29.6 Å². The number of aliphatic carboxylic acids is 2. The molecule has 1 amide bonds. The van der Waals surface area contributed by atoms with Crippen molar-refractivity contribution in [1.82, 2.24) is 5.32 Å². The van der Waals surface area contributed by atoms with Crippen molar-refractivity contribution in [2.45, 2.75) is 25.4 Å². The zero-order valence-electron chi connectivity index (χ0n) is 9.38. The third-order valence-corrected chi connectivity index (χ3v) is 2.94. The first-order chi connectivity index (χ1) is 7.84. The number of hydrogen-bond donors (Lipinski definition) is 4. The summed E-state index contributed by atoms with van der Waals surface area (Å²) < 4.78 is 0. The van der Waals surface area contributed by atoms with Gasteiger partial charge in [-0.3, -0.25) is 9.59 Å². The molecule has 0 unspecified atom stereocenters. The lowest BCUT2D eigenvalue weighted by Gasteiger charge is -2.13. The first kappa shape index (κ1) is 15.7. The van der Waals surface area contributed by atoms with Gasteiger partial charge < -0.3 is 21.3 Å². The normalized spacial score (nSPS) is 13.8. The highest BCUT2D eigenvalue weighted by molar-refractivity contribution is 7.99. The van der Waals surface area contributed by atoms with Crippen LogP contribution in [0, 0.1) is 0 Å². The Balaban J connectivity index is 3.87. The highest BCUT2D eigenvalue weighted by atomic mass is 32.2. The minimum absolute atomic E-state index is 0.182. The maximum atomic E-state index is 10.7. The molecular weight excluding hydrogens is 248 g/mol. The predicted molar refractivity (Wildman–Crippen MR) is 62.8 cm³/mol. The fourth-order valence-corrected chi connectivity index (χ4v) is 2.00. The maximum Gasteiger partial charge on any atom is 0.327 e. The second kappa shape index (κ2) is 7.91. The van der Waals surface area contributed by atoms with Gasteiger partial charge in [-0.2, -0.15) is 11.8 Å². The number of carbonyl (C=O) groups is 3. The Bertz CT molecular complexity index is 297. The zero-order chi connectivity index (χ0) is 13.4. The van der Waals surface area contributed by atoms with Crippen LogP contribution in [-0.2, 0) is 14.4 Å². The van der Waals surface area contributed by atoms with E-state index in [4.69, 9.17) is 15.9 Å². The van der Waals surface area contributed by atoms with Crippen molar-refractivity contribution in [1.29, 1.82) is 0 Å². The Kier molecular flexibility index (Phi) is 7.31. The Hall–Kier alpha value is -1.28. The Morgan fingerprint density at radius 3 is 2.29 bits per heavy atom. The fourth-order valence-electron chi connectivity index (χ4n) is 0.955. The number of hydrogen-bond acceptors (Lipinski definition) is 5. The van der Waals surface area contributed by atoms with E-state index in [0.717, 1.165) is 0 Å². The summed E-state index contributed by atoms with van der Waals surface area (Å²) in [4.78, 5) is 31.8. The first-order valence-corrected chi connectivity index (χ1v) is 6.06. The SMILES string of the molecule is CC(=O)N[C@@H](CSCC[C@H](N)C(=O)O)C(=O)O. The predicted octanol–water partition coefficient (Wildman–Crippen LogP) is -0.889. The van der Waals surface area contributed by atoms with Crippen molar-refractivity contribution in [2.75, 3.05) is 11.5 Å². The van der Waals surface area contributed by atoms with Crippen molar-refractivity contribution in [3.05, 3.63) is 0 Å². The molecule has 98 valence electrons. The number of thioether (sulfide) groups is 1. The zero-order valence-corrected chi connectivity index (χ0v) is 10.2. The molecule has 8 heteroatoms. The number of carboxylic acid groups (broad SMARTS) is 2. The number of carboxylic acids is 2. The molecule has 0 aliphatic heterocycles. The molecule has 0 aliphatic carbocycles. The van der Waals surface area contributed by atoms with E-state index in [1.54, 1.807) is 0 Å². The fraction of sp³-hybridized carbons (Fsp3) is 0.667. The van der Waals surface area contributed by atoms with Crippen LogP contribution in [0.25, 0.3) is 0 Å². The van der Waals surface area contributed by atoms with Crippen LogP contribution in [0.15, 0.2) is 0 Å². The standard InChI is InChI=1S/C9H16N2O5S/c1-5(12)11-7(9(15)16)4-17-3-2-6(10)8(13)14/h6-7H,2-4,10H2,1H3,(H,11,12)(H,13,14)(H,15,16)/t6-,7-/m0/s1. The number of carbonyl (C=O) groups excluding carboxylic acids is 1. The minimum Gasteiger partial charge on any atom is -0.480 e. The number of nitrogens with two attached hydrogens (primary N) is 1. The third-order valence-electron chi connectivity index (χ3n) is 1.85. The molecule has 0 saturated heterocycles. The lowest BCUT2D eigenvalue weighted by atomic mass is 10.2. The van der Waals surface area contributed by atoms with E-state index < -0.39 is 29.9 Å². The van der Waals surface area contributed by atoms with Crippen LogP contribution >= 0.6 is 11.8 Å². The van der Waals surface area contributed by atoms with Gasteiger partial charge in [0.25, 0.3) is 0 Å². The molecule has 0 fully saturated rings. The van der Waals surface area contributed by atoms with Crippen LogP contribution in [0.2, 0.25) is 0 Å². The maximum absolute atomic E-state index is 10.7. The van der Waals surface area contributed by atoms with E-state index >= 15 is 0 Å². The van der Waals surface area contributed by atoms with Gasteiger partial charge in [0.15, 0.2) is 0 Å². The summed E-state index contributed by atoms with van der Waals surface area (Å²) in [5.41, 5.74) is 5.27. The quantitative estimate of drug-likeness (QED) is 0.418. The summed E-state index contributed by atoms with van der Waals surface area (Å²) in [7, 11) is 0. The van der Waals surface area contributed by atoms with E-state index in [1.165, 1.54) is 18.7 Å². The van der Waals surface area contributed by atoms with E-state index in [1.807, 2.05) is 0 Å². The van der Waals surface area contributed by atoms with Crippen LogP contribution in [0.4, 0.5) is 0 Å². The van der Waals surface area contributed by atoms with E-state index in [2.05, 4.69) is 5.32 Å². The van der Waals surface area contributed by atoms with Gasteiger partial charge in [0, 0.05) is 12.7 Å². The Morgan fingerprint density at radius 1 is 1.29 bits per heavy atom. The van der Waals surface area contributed by atoms with Gasteiger partial charge in [0.2, 0.25) is 5.91 Å². The summed E-state index contributed by atoms with van der Waals surface area (Å²) in [5.74, 6) is -2.00. The van der Waals surface area contributed by atoms with Crippen LogP contribution in [0.5, 0.6) is 0 Å². The molecule has 0 aromatic carbocycles. The molecule has 2 atom stereocenters. The van der Waals surface area contributed by atoms with Crippen LogP contribution < -0.4 is 11.1 Å². The average molecular weight is 264 g/mol. The minimum atomic E-state index is -1.12. The molecule has 0 aliphatic rings. The van der Waals surface area contributed by atoms with Crippen molar-refractivity contribution in [2.24, 2.45) is 5.73 Å². The summed E-state index contributed by atoms with van der Waals surface area (Å²) >= 11 is 1.24. The van der Waals surface area contributed by atoms with Crippen LogP contribution in [-0.4, -0.2) is 51.6 Å². The topological polar surface area (TPSA) is 130 Å². The molecule has 0 saturated carbocycles. The van der Waals surface area contributed by atoms with Crippen molar-refractivity contribution in [3.8, 4) is 0 Å². The van der Waals surface area contributed by atoms with Crippen molar-refractivity contribution in [3.63, 3.8) is 0 Å². The molecule has 0 heterocycles. The smallest absolute Gasteiger partial charge is 0.327 e. The van der Waals surface area contributed by atoms with E-state index in [-0.39, 0.29) is 12.2 Å². The van der Waals surface area contributed by atoms with Gasteiger partial charge in [-0.05, 0) is 12.2 Å². The molecule has 5 N–H and O–H groups in total. The number of rotatable bonds is 8. The second-order valence-corrected chi connectivity index (χ2v) is 4.55. The second-order valence-electron chi connectivity index (χ2n) is 3.40. The summed E-state index contributed by atoms with van der Waals surface area (Å²) in [6.07, 6.45) is 0.256. The van der Waals surface area contributed by atoms with E-state index in [9.17, 15) is 14.4 Å². The molecule has 7 nitrogen and oxygen atoms in total. The summed E-state index contributed by atoms with van der Waals surface area (Å²) in [5, 5.41) is 19.6. The highest BCUT2D eigenvalue weighted by Gasteiger charge is 2.18. The Labute approximate surface area is 103 Å². The molecule has 0 bridgehead atoms. The van der Waals surface area contributed by atoms with Gasteiger partial charge in [0.05, 0.1) is 0 Å². The van der Waals surface area contributed by atoms with Crippen molar-refractivity contribution < 1.29 is 24.6 Å². The molecule has 0 aromatic rings. The lowest BCUT2D eigenvalue weighted by Crippen LogP contribution is -2.41. The third kappa shape index (κ3) is 7.58. The molecule has 0 radical (unpaired) electrons. The van der Waals surface area contributed by atoms with Gasteiger partial charge in [-0.1, -0.05) is 0 Å². The van der Waals surface area contributed by atoms with E-state index in [0.29, 0.717) is 5.75 Å². The molecule has 0 aromatic heterocycles. The van der Waals surface area contributed by atoms with Gasteiger partial charge in [-0.15, -0.1) is 0 Å². The van der Waals surface area contributed by atoms with Crippen LogP contribution in [0.3, 0.4) is 0 Å². The Morgan fingerprint density at radius 2 is 1.88 bits per heavy atom. The average Bonchev–Trinajstić information content (AvgIpc) is 2.21. The van der Waals surface area contributed by atoms with Gasteiger partial charge in [-0.25, -0.2) is 4.79 Å². The molecule has 17 heavy (non-hydrogen) atoms. The summed E-state index contributed by atoms with van der Waals surface area (Å²) in [6.45, 7) is 1.24. The number of amides is 1. The summed E-state index contributed by atoms with van der Waals surface area (Å²) in [6, 6.07) is -1.90. The monoisotopic (exact) mass is 264 g/mol. The lowest BCUT2D eigenvalue weighted by molar-refractivity contribution is -0.141. The molecular formula is C9H16N2O5S. The largest absolute Gasteiger partial charge is 0.480 e. The van der Waals surface area contributed by atoms with Gasteiger partial charge in [0.1, 0.15) is 12.1 Å². The van der Waals surface area contributed by atoms with Crippen LogP contribution in [0.1, 0.15) is 13.3 Å². The molecule has 0 rings (SSSR count).